The number of piperidine rings is 1. The molecule has 0 radical (unpaired) electrons. The number of nitrogens with one attached hydrogen (secondary N) is 1. The number of para-hydroxylation sites is 1. The molecule has 0 bridgehead atoms. The Kier molecular flexibility index (Phi) is 7.54. The van der Waals surface area contributed by atoms with Gasteiger partial charge >= 0.3 is 0 Å². The van der Waals surface area contributed by atoms with Crippen molar-refractivity contribution < 1.29 is 14.4 Å². The molecule has 0 aliphatic carbocycles. The second-order valence-electron chi connectivity index (χ2n) is 9.05. The van der Waals surface area contributed by atoms with E-state index in [9.17, 15) is 14.4 Å². The van der Waals surface area contributed by atoms with Gasteiger partial charge in [-0.1, -0.05) is 54.1 Å². The average Bonchev–Trinajstić information content (AvgIpc) is 2.86. The van der Waals surface area contributed by atoms with Crippen LogP contribution < -0.4 is 5.32 Å². The number of nitrogens with zero attached hydrogens (tertiary/aromatic N) is 3. The van der Waals surface area contributed by atoms with Gasteiger partial charge in [-0.15, -0.1) is 0 Å². The quantitative estimate of drug-likeness (QED) is 0.711. The van der Waals surface area contributed by atoms with Crippen LogP contribution in [-0.2, 0) is 19.8 Å². The second-order valence-corrected chi connectivity index (χ2v) is 9.46. The summed E-state index contributed by atoms with van der Waals surface area (Å²) in [5.74, 6) is 0.0603. The Labute approximate surface area is 205 Å². The zero-order chi connectivity index (χ0) is 24.1. The monoisotopic (exact) mass is 482 g/mol. The molecule has 2 saturated heterocycles. The molecule has 2 aliphatic heterocycles. The first-order valence-corrected chi connectivity index (χ1v) is 12.1. The number of piperazine rings is 1. The maximum atomic E-state index is 13.9. The van der Waals surface area contributed by atoms with Crippen LogP contribution in [0, 0.1) is 0 Å². The van der Waals surface area contributed by atoms with Crippen molar-refractivity contribution in [2.45, 2.75) is 25.2 Å². The van der Waals surface area contributed by atoms with Crippen molar-refractivity contribution in [2.75, 3.05) is 51.1 Å². The number of halogens is 1. The third kappa shape index (κ3) is 5.26. The van der Waals surface area contributed by atoms with Crippen LogP contribution in [0.25, 0.3) is 0 Å². The van der Waals surface area contributed by atoms with Gasteiger partial charge in [0.2, 0.25) is 17.7 Å². The van der Waals surface area contributed by atoms with Crippen LogP contribution in [-0.4, -0.2) is 78.2 Å². The topological polar surface area (TPSA) is 73.0 Å². The van der Waals surface area contributed by atoms with Gasteiger partial charge in [-0.3, -0.25) is 19.3 Å². The van der Waals surface area contributed by atoms with Crippen LogP contribution >= 0.6 is 11.6 Å². The summed E-state index contributed by atoms with van der Waals surface area (Å²) >= 11 is 6.13. The van der Waals surface area contributed by atoms with Crippen molar-refractivity contribution in [1.82, 2.24) is 14.7 Å². The van der Waals surface area contributed by atoms with Crippen molar-refractivity contribution in [3.63, 3.8) is 0 Å². The minimum atomic E-state index is -0.614. The van der Waals surface area contributed by atoms with E-state index in [1.807, 2.05) is 52.3 Å². The molecule has 8 heteroatoms. The predicted molar refractivity (Wildman–Crippen MR) is 133 cm³/mol. The first-order valence-electron chi connectivity index (χ1n) is 11.8. The molecule has 7 nitrogen and oxygen atoms in total. The lowest BCUT2D eigenvalue weighted by atomic mass is 9.71. The minimum Gasteiger partial charge on any atom is -0.343 e. The number of hydrogen-bond acceptors (Lipinski definition) is 4. The Morgan fingerprint density at radius 1 is 0.853 bits per heavy atom. The molecule has 0 atom stereocenters. The Hall–Kier alpha value is -2.90. The Bertz CT molecular complexity index is 1030. The van der Waals surface area contributed by atoms with Gasteiger partial charge in [0.15, 0.2) is 0 Å². The zero-order valence-electron chi connectivity index (χ0n) is 19.5. The van der Waals surface area contributed by atoms with Gasteiger partial charge in [-0.2, -0.15) is 0 Å². The normalized spacial score (nSPS) is 18.4. The largest absolute Gasteiger partial charge is 0.343 e. The van der Waals surface area contributed by atoms with Gasteiger partial charge in [-0.25, -0.2) is 0 Å². The fourth-order valence-corrected chi connectivity index (χ4v) is 5.14. The number of carbonyl (C=O) groups excluding carboxylic acids is 3. The van der Waals surface area contributed by atoms with Crippen molar-refractivity contribution >= 4 is 35.0 Å². The van der Waals surface area contributed by atoms with E-state index in [4.69, 9.17) is 11.6 Å². The van der Waals surface area contributed by atoms with Crippen molar-refractivity contribution in [1.29, 1.82) is 0 Å². The fourth-order valence-electron chi connectivity index (χ4n) is 4.95. The molecule has 2 aliphatic rings. The number of amides is 3. The summed E-state index contributed by atoms with van der Waals surface area (Å²) in [5, 5.41) is 3.37. The molecule has 4 rings (SSSR count). The molecule has 180 valence electrons. The molecule has 2 heterocycles. The number of anilines is 1. The molecule has 2 aromatic carbocycles. The molecular weight excluding hydrogens is 452 g/mol. The van der Waals surface area contributed by atoms with E-state index in [1.54, 1.807) is 19.1 Å². The molecule has 34 heavy (non-hydrogen) atoms. The summed E-state index contributed by atoms with van der Waals surface area (Å²) in [5.41, 5.74) is 1.01. The Morgan fingerprint density at radius 2 is 1.47 bits per heavy atom. The van der Waals surface area contributed by atoms with E-state index in [1.165, 1.54) is 0 Å². The highest BCUT2D eigenvalue weighted by atomic mass is 35.5. The van der Waals surface area contributed by atoms with Crippen LogP contribution in [0.3, 0.4) is 0 Å². The van der Waals surface area contributed by atoms with Gasteiger partial charge in [-0.05, 0) is 30.5 Å². The lowest BCUT2D eigenvalue weighted by Crippen LogP contribution is -2.58. The molecule has 2 aromatic rings. The fraction of sp³-hybridized carbons (Fsp3) is 0.423. The summed E-state index contributed by atoms with van der Waals surface area (Å²) in [7, 11) is 0. The van der Waals surface area contributed by atoms with Gasteiger partial charge in [0, 0.05) is 46.2 Å². The Morgan fingerprint density at radius 3 is 2.09 bits per heavy atom. The van der Waals surface area contributed by atoms with Gasteiger partial charge in [0.05, 0.1) is 22.7 Å². The molecule has 2 fully saturated rings. The maximum Gasteiger partial charge on any atom is 0.238 e. The molecule has 0 saturated carbocycles. The molecule has 1 N–H and O–H groups in total. The summed E-state index contributed by atoms with van der Waals surface area (Å²) < 4.78 is 0. The highest BCUT2D eigenvalue weighted by Crippen LogP contribution is 2.38. The van der Waals surface area contributed by atoms with Crippen molar-refractivity contribution in [3.8, 4) is 0 Å². The molecule has 0 unspecified atom stereocenters. The van der Waals surface area contributed by atoms with Crippen LogP contribution in [0.5, 0.6) is 0 Å². The lowest BCUT2D eigenvalue weighted by molar-refractivity contribution is -0.144. The van der Waals surface area contributed by atoms with Gasteiger partial charge in [0.1, 0.15) is 0 Å². The smallest absolute Gasteiger partial charge is 0.238 e. The molecule has 3 amide bonds. The molecule has 0 aromatic heterocycles. The van der Waals surface area contributed by atoms with Crippen LogP contribution in [0.2, 0.25) is 5.02 Å². The van der Waals surface area contributed by atoms with E-state index in [0.29, 0.717) is 62.8 Å². The molecular formula is C26H31ClN4O3. The number of hydrogen-bond donors (Lipinski definition) is 1. The predicted octanol–water partition coefficient (Wildman–Crippen LogP) is 3.00. The third-order valence-electron chi connectivity index (χ3n) is 6.97. The SMILES string of the molecule is CC(=O)N1CCC(C(=O)N2CCN(CC(=O)Nc3ccccc3Cl)CC2)(c2ccccc2)CC1. The Balaban J connectivity index is 1.38. The van der Waals surface area contributed by atoms with Crippen molar-refractivity contribution in [2.24, 2.45) is 0 Å². The van der Waals surface area contributed by atoms with Crippen LogP contribution in [0.1, 0.15) is 25.3 Å². The van der Waals surface area contributed by atoms with E-state index in [2.05, 4.69) is 10.2 Å². The van der Waals surface area contributed by atoms with Crippen molar-refractivity contribution in [3.05, 3.63) is 65.2 Å². The average molecular weight is 483 g/mol. The van der Waals surface area contributed by atoms with Crippen LogP contribution in [0.4, 0.5) is 5.69 Å². The number of likely N-dealkylation sites (tertiary alicyclic amines) is 1. The highest BCUT2D eigenvalue weighted by molar-refractivity contribution is 6.33. The lowest BCUT2D eigenvalue weighted by Gasteiger charge is -2.45. The van der Waals surface area contributed by atoms with Crippen LogP contribution in [0.15, 0.2) is 54.6 Å². The first kappa shape index (κ1) is 24.2. The minimum absolute atomic E-state index is 0.0535. The van der Waals surface area contributed by atoms with Gasteiger partial charge in [0.25, 0.3) is 0 Å². The second kappa shape index (κ2) is 10.6. The number of carbonyl (C=O) groups is 3. The summed E-state index contributed by atoms with van der Waals surface area (Å²) in [4.78, 5) is 44.0. The van der Waals surface area contributed by atoms with E-state index in [-0.39, 0.29) is 24.3 Å². The summed E-state index contributed by atoms with van der Waals surface area (Å²) in [6.45, 7) is 5.41. The zero-order valence-corrected chi connectivity index (χ0v) is 20.3. The van der Waals surface area contributed by atoms with E-state index < -0.39 is 5.41 Å². The standard InChI is InChI=1S/C26H31ClN4O3/c1-20(32)30-13-11-26(12-14-30,21-7-3-2-4-8-21)25(34)31-17-15-29(16-18-31)19-24(33)28-23-10-6-5-9-22(23)27/h2-10H,11-19H2,1H3,(H,28,33). The molecule has 0 spiro atoms. The summed E-state index contributed by atoms with van der Waals surface area (Å²) in [6.07, 6.45) is 1.24. The maximum absolute atomic E-state index is 13.9. The number of benzene rings is 2. The van der Waals surface area contributed by atoms with E-state index in [0.717, 1.165) is 5.56 Å². The van der Waals surface area contributed by atoms with Gasteiger partial charge < -0.3 is 15.1 Å². The van der Waals surface area contributed by atoms with E-state index >= 15 is 0 Å². The third-order valence-corrected chi connectivity index (χ3v) is 7.30. The first-order chi connectivity index (χ1) is 16.4. The summed E-state index contributed by atoms with van der Waals surface area (Å²) in [6, 6.07) is 17.1. The number of rotatable bonds is 5. The highest BCUT2D eigenvalue weighted by Gasteiger charge is 2.45.